The van der Waals surface area contributed by atoms with E-state index in [9.17, 15) is 9.90 Å². The number of halogens is 1. The number of nitrogens with zero attached hydrogens (tertiary/aromatic N) is 1. The van der Waals surface area contributed by atoms with Crippen molar-refractivity contribution in [1.82, 2.24) is 4.90 Å². The summed E-state index contributed by atoms with van der Waals surface area (Å²) in [6.07, 6.45) is 1.12. The molecule has 100 valence electrons. The fraction of sp³-hybridized carbons (Fsp3) is 0.583. The SMILES string of the molecule is CN(CC1(O)CCOCC1)C(=O)c1sccc1Cl. The van der Waals surface area contributed by atoms with Crippen molar-refractivity contribution in [3.63, 3.8) is 0 Å². The van der Waals surface area contributed by atoms with Gasteiger partial charge >= 0.3 is 0 Å². The molecule has 0 atom stereocenters. The van der Waals surface area contributed by atoms with Gasteiger partial charge in [0, 0.05) is 39.6 Å². The molecule has 6 heteroatoms. The fourth-order valence-electron chi connectivity index (χ4n) is 2.04. The van der Waals surface area contributed by atoms with Crippen molar-refractivity contribution in [1.29, 1.82) is 0 Å². The second kappa shape index (κ2) is 5.57. The van der Waals surface area contributed by atoms with E-state index in [0.717, 1.165) is 0 Å². The van der Waals surface area contributed by atoms with Crippen LogP contribution in [0.25, 0.3) is 0 Å². The van der Waals surface area contributed by atoms with Gasteiger partial charge in [0.05, 0.1) is 10.6 Å². The highest BCUT2D eigenvalue weighted by molar-refractivity contribution is 7.12. The summed E-state index contributed by atoms with van der Waals surface area (Å²) in [6, 6.07) is 1.70. The topological polar surface area (TPSA) is 49.8 Å². The van der Waals surface area contributed by atoms with Gasteiger partial charge < -0.3 is 14.7 Å². The van der Waals surface area contributed by atoms with Crippen LogP contribution in [0.15, 0.2) is 11.4 Å². The second-order valence-electron chi connectivity index (χ2n) is 4.60. The normalized spacial score (nSPS) is 18.6. The summed E-state index contributed by atoms with van der Waals surface area (Å²) < 4.78 is 5.22. The van der Waals surface area contributed by atoms with Gasteiger partial charge in [-0.3, -0.25) is 4.79 Å². The van der Waals surface area contributed by atoms with Gasteiger partial charge in [-0.05, 0) is 11.4 Å². The van der Waals surface area contributed by atoms with E-state index in [0.29, 0.717) is 42.5 Å². The van der Waals surface area contributed by atoms with E-state index >= 15 is 0 Å². The summed E-state index contributed by atoms with van der Waals surface area (Å²) in [7, 11) is 1.69. The summed E-state index contributed by atoms with van der Waals surface area (Å²) in [6.45, 7) is 1.39. The highest BCUT2D eigenvalue weighted by Crippen LogP contribution is 2.26. The number of ether oxygens (including phenoxy) is 1. The van der Waals surface area contributed by atoms with Crippen LogP contribution in [0.5, 0.6) is 0 Å². The Labute approximate surface area is 115 Å². The Bertz CT molecular complexity index is 429. The molecule has 1 saturated heterocycles. The molecule has 1 aromatic heterocycles. The van der Waals surface area contributed by atoms with Crippen LogP contribution < -0.4 is 0 Å². The zero-order valence-electron chi connectivity index (χ0n) is 10.2. The monoisotopic (exact) mass is 289 g/mol. The van der Waals surface area contributed by atoms with Crippen molar-refractivity contribution in [2.75, 3.05) is 26.8 Å². The van der Waals surface area contributed by atoms with Crippen molar-refractivity contribution < 1.29 is 14.6 Å². The van der Waals surface area contributed by atoms with Crippen LogP contribution in [-0.2, 0) is 4.74 Å². The van der Waals surface area contributed by atoms with Crippen LogP contribution in [0.1, 0.15) is 22.5 Å². The molecule has 0 aliphatic carbocycles. The van der Waals surface area contributed by atoms with E-state index in [1.54, 1.807) is 18.5 Å². The minimum Gasteiger partial charge on any atom is -0.388 e. The zero-order valence-corrected chi connectivity index (χ0v) is 11.8. The largest absolute Gasteiger partial charge is 0.388 e. The maximum absolute atomic E-state index is 12.2. The number of thiophene rings is 1. The van der Waals surface area contributed by atoms with Crippen LogP contribution in [0, 0.1) is 0 Å². The Balaban J connectivity index is 2.01. The molecule has 18 heavy (non-hydrogen) atoms. The third kappa shape index (κ3) is 3.03. The average molecular weight is 290 g/mol. The number of hydrogen-bond acceptors (Lipinski definition) is 4. The minimum atomic E-state index is -0.841. The Morgan fingerprint density at radius 2 is 2.28 bits per heavy atom. The molecule has 0 saturated carbocycles. The molecule has 2 heterocycles. The van der Waals surface area contributed by atoms with E-state index < -0.39 is 5.60 Å². The van der Waals surface area contributed by atoms with Gasteiger partial charge in [-0.25, -0.2) is 0 Å². The molecule has 1 amide bonds. The van der Waals surface area contributed by atoms with E-state index in [1.807, 2.05) is 0 Å². The lowest BCUT2D eigenvalue weighted by atomic mass is 9.94. The lowest BCUT2D eigenvalue weighted by molar-refractivity contribution is -0.0733. The minimum absolute atomic E-state index is 0.144. The summed E-state index contributed by atoms with van der Waals surface area (Å²) in [5.41, 5.74) is -0.841. The molecule has 4 nitrogen and oxygen atoms in total. The Morgan fingerprint density at radius 3 is 2.83 bits per heavy atom. The average Bonchev–Trinajstić information content (AvgIpc) is 2.74. The van der Waals surface area contributed by atoms with E-state index in [4.69, 9.17) is 16.3 Å². The zero-order chi connectivity index (χ0) is 13.2. The van der Waals surface area contributed by atoms with Gasteiger partial charge in [0.25, 0.3) is 5.91 Å². The predicted molar refractivity (Wildman–Crippen MR) is 71.3 cm³/mol. The molecular formula is C12H16ClNO3S. The van der Waals surface area contributed by atoms with Crippen molar-refractivity contribution in [2.24, 2.45) is 0 Å². The second-order valence-corrected chi connectivity index (χ2v) is 5.92. The summed E-state index contributed by atoms with van der Waals surface area (Å²) in [5, 5.41) is 12.6. The van der Waals surface area contributed by atoms with Crippen LogP contribution in [0.3, 0.4) is 0 Å². The number of hydrogen-bond donors (Lipinski definition) is 1. The first-order valence-electron chi connectivity index (χ1n) is 5.80. The lowest BCUT2D eigenvalue weighted by Crippen LogP contribution is -2.47. The first-order chi connectivity index (χ1) is 8.52. The molecule has 1 aliphatic heterocycles. The third-order valence-corrected chi connectivity index (χ3v) is 4.44. The quantitative estimate of drug-likeness (QED) is 0.926. The Morgan fingerprint density at radius 1 is 1.61 bits per heavy atom. The van der Waals surface area contributed by atoms with Gasteiger partial charge in [0.1, 0.15) is 4.88 Å². The number of carbonyl (C=O) groups is 1. The molecule has 2 rings (SSSR count). The standard InChI is InChI=1S/C12H16ClNO3S/c1-14(8-12(16)3-5-17-6-4-12)11(15)10-9(13)2-7-18-10/h2,7,16H,3-6,8H2,1H3. The number of amides is 1. The first-order valence-corrected chi connectivity index (χ1v) is 7.06. The van der Waals surface area contributed by atoms with Crippen molar-refractivity contribution in [2.45, 2.75) is 18.4 Å². The van der Waals surface area contributed by atoms with E-state index in [1.165, 1.54) is 16.2 Å². The molecule has 1 fully saturated rings. The molecule has 0 bridgehead atoms. The Hall–Kier alpha value is -0.620. The summed E-state index contributed by atoms with van der Waals surface area (Å²) in [5.74, 6) is -0.144. The van der Waals surface area contributed by atoms with Crippen LogP contribution in [0.4, 0.5) is 0 Å². The summed E-state index contributed by atoms with van der Waals surface area (Å²) >= 11 is 7.25. The maximum atomic E-state index is 12.2. The van der Waals surface area contributed by atoms with Gasteiger partial charge in [-0.1, -0.05) is 11.6 Å². The molecular weight excluding hydrogens is 274 g/mol. The lowest BCUT2D eigenvalue weighted by Gasteiger charge is -2.35. The molecule has 0 radical (unpaired) electrons. The van der Waals surface area contributed by atoms with E-state index in [2.05, 4.69) is 0 Å². The number of rotatable bonds is 3. The first kappa shape index (κ1) is 13.8. The number of carbonyl (C=O) groups excluding carboxylic acids is 1. The smallest absolute Gasteiger partial charge is 0.265 e. The fourth-order valence-corrected chi connectivity index (χ4v) is 3.17. The molecule has 1 aliphatic rings. The van der Waals surface area contributed by atoms with Gasteiger partial charge in [0.2, 0.25) is 0 Å². The van der Waals surface area contributed by atoms with E-state index in [-0.39, 0.29) is 5.91 Å². The Kier molecular flexibility index (Phi) is 4.27. The number of aliphatic hydroxyl groups is 1. The molecule has 1 aromatic rings. The molecule has 0 spiro atoms. The molecule has 0 aromatic carbocycles. The van der Waals surface area contributed by atoms with Crippen LogP contribution in [-0.4, -0.2) is 48.3 Å². The van der Waals surface area contributed by atoms with Crippen LogP contribution >= 0.6 is 22.9 Å². The van der Waals surface area contributed by atoms with Crippen LogP contribution in [0.2, 0.25) is 5.02 Å². The molecule has 1 N–H and O–H groups in total. The highest BCUT2D eigenvalue weighted by Gasteiger charge is 2.33. The highest BCUT2D eigenvalue weighted by atomic mass is 35.5. The summed E-state index contributed by atoms with van der Waals surface area (Å²) in [4.78, 5) is 14.2. The number of likely N-dealkylation sites (N-methyl/N-ethyl adjacent to an activating group) is 1. The van der Waals surface area contributed by atoms with Gasteiger partial charge in [-0.15, -0.1) is 11.3 Å². The van der Waals surface area contributed by atoms with Gasteiger partial charge in [-0.2, -0.15) is 0 Å². The third-order valence-electron chi connectivity index (χ3n) is 3.11. The van der Waals surface area contributed by atoms with Crippen molar-refractivity contribution in [3.8, 4) is 0 Å². The van der Waals surface area contributed by atoms with Crippen molar-refractivity contribution >= 4 is 28.8 Å². The van der Waals surface area contributed by atoms with Crippen molar-refractivity contribution in [3.05, 3.63) is 21.3 Å². The predicted octanol–water partition coefficient (Wildman–Crippen LogP) is 2.01. The van der Waals surface area contributed by atoms with Gasteiger partial charge in [0.15, 0.2) is 0 Å². The maximum Gasteiger partial charge on any atom is 0.265 e. The molecule has 0 unspecified atom stereocenters.